The second-order valence-corrected chi connectivity index (χ2v) is 3.89. The third-order valence-electron chi connectivity index (χ3n) is 2.85. The van der Waals surface area contributed by atoms with E-state index < -0.39 is 0 Å². The summed E-state index contributed by atoms with van der Waals surface area (Å²) >= 11 is 0. The van der Waals surface area contributed by atoms with Crippen LogP contribution < -0.4 is 0 Å². The van der Waals surface area contributed by atoms with Gasteiger partial charge in [-0.25, -0.2) is 0 Å². The molecule has 0 saturated heterocycles. The number of hydrogen-bond donors (Lipinski definition) is 0. The zero-order valence-corrected chi connectivity index (χ0v) is 13.5. The van der Waals surface area contributed by atoms with Crippen molar-refractivity contribution in [2.45, 2.75) is 0 Å². The molecule has 0 aliphatic carbocycles. The second kappa shape index (κ2) is 6.53. The number of likely N-dealkylation sites (N-methyl/N-ethyl adjacent to an activating group) is 1. The van der Waals surface area contributed by atoms with Crippen LogP contribution in [0.5, 0.6) is 0 Å². The van der Waals surface area contributed by atoms with Gasteiger partial charge in [-0.05, 0) is 5.70 Å². The Labute approximate surface area is 139 Å². The predicted molar refractivity (Wildman–Crippen MR) is 71.6 cm³/mol. The van der Waals surface area contributed by atoms with Gasteiger partial charge in [-0.2, -0.15) is 17.4 Å². The summed E-state index contributed by atoms with van der Waals surface area (Å²) in [6.45, 7) is 3.96. The van der Waals surface area contributed by atoms with Gasteiger partial charge >= 0.3 is 0 Å². The van der Waals surface area contributed by atoms with Crippen molar-refractivity contribution in [2.75, 3.05) is 7.05 Å². The van der Waals surface area contributed by atoms with Gasteiger partial charge in [0.15, 0.2) is 0 Å². The van der Waals surface area contributed by atoms with Crippen molar-refractivity contribution in [2.24, 2.45) is 0 Å². The molecule has 0 N–H and O–H groups in total. The Bertz CT molecular complexity index is 637. The summed E-state index contributed by atoms with van der Waals surface area (Å²) < 4.78 is 0. The van der Waals surface area contributed by atoms with Crippen LogP contribution in [0.15, 0.2) is 48.2 Å². The molecule has 1 aliphatic rings. The minimum atomic E-state index is 0. The van der Waals surface area contributed by atoms with E-state index in [1.54, 1.807) is 18.2 Å². The largest absolute Gasteiger partial charge is 0.377 e. The molecule has 2 rings (SSSR count). The molecule has 0 atom stereocenters. The van der Waals surface area contributed by atoms with Crippen molar-refractivity contribution in [3.8, 4) is 18.4 Å². The Kier molecular flexibility index (Phi) is 5.31. The smallest absolute Gasteiger partial charge is 0.0990 e. The van der Waals surface area contributed by atoms with Gasteiger partial charge in [0.25, 0.3) is 0 Å². The van der Waals surface area contributed by atoms with Crippen LogP contribution in [0.1, 0.15) is 11.1 Å². The number of terminal acetylenes is 1. The van der Waals surface area contributed by atoms with E-state index in [4.69, 9.17) is 11.7 Å². The molecule has 0 amide bonds. The van der Waals surface area contributed by atoms with Gasteiger partial charge in [-0.1, -0.05) is 35.5 Å². The fourth-order valence-corrected chi connectivity index (χ4v) is 1.74. The molecule has 1 heterocycles. The normalized spacial score (nSPS) is 13.6. The predicted octanol–water partition coefficient (Wildman–Crippen LogP) is 2.72. The number of benzene rings is 1. The first-order valence-corrected chi connectivity index (χ1v) is 5.41. The average Bonchev–Trinajstić information content (AvgIpc) is 2.42. The van der Waals surface area contributed by atoms with Crippen molar-refractivity contribution >= 4 is 5.70 Å². The third kappa shape index (κ3) is 3.05. The molecule has 89 valence electrons. The quantitative estimate of drug-likeness (QED) is 0.588. The van der Waals surface area contributed by atoms with Crippen molar-refractivity contribution in [1.82, 2.24) is 4.90 Å². The maximum absolute atomic E-state index is 8.77. The zero-order valence-electron chi connectivity index (χ0n) is 10.6. The maximum Gasteiger partial charge on any atom is 0.0990 e. The van der Waals surface area contributed by atoms with E-state index in [1.807, 2.05) is 24.1 Å². The molecule has 0 aromatic heterocycles. The Morgan fingerprint density at radius 3 is 2.47 bits per heavy atom. The summed E-state index contributed by atoms with van der Waals surface area (Å²) in [5.74, 6) is 2.58. The van der Waals surface area contributed by atoms with Crippen LogP contribution in [0.2, 0.25) is 0 Å². The molecule has 0 fully saturated rings. The van der Waals surface area contributed by atoms with Crippen molar-refractivity contribution in [1.29, 1.82) is 5.26 Å². The Balaban J connectivity index is 0.00000180. The van der Waals surface area contributed by atoms with Gasteiger partial charge < -0.3 is 4.90 Å². The van der Waals surface area contributed by atoms with Crippen LogP contribution in [-0.4, -0.2) is 11.9 Å². The number of allylic oxidation sites excluding steroid dienone is 3. The minimum absolute atomic E-state index is 0. The molecule has 19 heavy (non-hydrogen) atoms. The first-order chi connectivity index (χ1) is 8.67. The number of hydrogen-bond acceptors (Lipinski definition) is 2. The van der Waals surface area contributed by atoms with Gasteiger partial charge in [0.1, 0.15) is 0 Å². The monoisotopic (exact) mass is 320 g/mol. The van der Waals surface area contributed by atoms with Gasteiger partial charge in [-0.3, -0.25) is 0 Å². The zero-order chi connectivity index (χ0) is 13.1. The van der Waals surface area contributed by atoms with Crippen LogP contribution in [0.25, 0.3) is 5.70 Å². The minimum Gasteiger partial charge on any atom is -0.377 e. The molecule has 0 bridgehead atoms. The first kappa shape index (κ1) is 15.5. The molecular weight excluding hydrogens is 309 g/mol. The van der Waals surface area contributed by atoms with Crippen molar-refractivity contribution in [3.63, 3.8) is 0 Å². The molecule has 1 aliphatic heterocycles. The summed E-state index contributed by atoms with van der Waals surface area (Å²) in [5.41, 5.74) is 4.01. The summed E-state index contributed by atoms with van der Waals surface area (Å²) in [6, 6.07) is 9.43. The van der Waals surface area contributed by atoms with Crippen molar-refractivity contribution < 1.29 is 32.7 Å². The summed E-state index contributed by atoms with van der Waals surface area (Å²) in [6.07, 6.45) is 10.3. The summed E-state index contributed by atoms with van der Waals surface area (Å²) in [4.78, 5) is 1.90. The molecule has 3 heteroatoms. The van der Waals surface area contributed by atoms with E-state index in [0.717, 1.165) is 22.5 Å². The average molecular weight is 320 g/mol. The van der Waals surface area contributed by atoms with Crippen molar-refractivity contribution in [3.05, 3.63) is 65.4 Å². The molecule has 1 radical (unpaired) electrons. The molecule has 1 aromatic carbocycles. The van der Waals surface area contributed by atoms with E-state index in [-0.39, 0.29) is 32.7 Å². The summed E-state index contributed by atoms with van der Waals surface area (Å²) in [5, 5.41) is 8.77. The second-order valence-electron chi connectivity index (χ2n) is 3.89. The number of rotatable bonds is 1. The fraction of sp³-hybridized carbons (Fsp3) is 0.0625. The molecule has 0 spiro atoms. The van der Waals surface area contributed by atoms with Gasteiger partial charge in [0.05, 0.1) is 6.07 Å². The SMILES string of the molecule is C#CC1=C[C-]=C(c2ccc(C#N)cc2)N(C)C1=C.[Y]. The maximum atomic E-state index is 8.77. The van der Waals surface area contributed by atoms with E-state index in [2.05, 4.69) is 24.6 Å². The van der Waals surface area contributed by atoms with E-state index >= 15 is 0 Å². The molecule has 0 saturated carbocycles. The van der Waals surface area contributed by atoms with Crippen LogP contribution in [0.4, 0.5) is 0 Å². The van der Waals surface area contributed by atoms with Crippen LogP contribution in [0, 0.1) is 29.8 Å². The van der Waals surface area contributed by atoms with Crippen LogP contribution in [0.3, 0.4) is 0 Å². The Morgan fingerprint density at radius 1 is 1.32 bits per heavy atom. The number of nitriles is 1. The van der Waals surface area contributed by atoms with E-state index in [9.17, 15) is 0 Å². The molecule has 1 aromatic rings. The van der Waals surface area contributed by atoms with Crippen LogP contribution >= 0.6 is 0 Å². The Hall–Kier alpha value is -1.61. The fourth-order valence-electron chi connectivity index (χ4n) is 1.74. The van der Waals surface area contributed by atoms with Gasteiger partial charge in [-0.15, -0.1) is 24.5 Å². The van der Waals surface area contributed by atoms with Gasteiger partial charge in [0.2, 0.25) is 0 Å². The van der Waals surface area contributed by atoms with E-state index in [0.29, 0.717) is 5.56 Å². The molecule has 0 unspecified atom stereocenters. The molecule has 2 nitrogen and oxygen atoms in total. The third-order valence-corrected chi connectivity index (χ3v) is 2.85. The Morgan fingerprint density at radius 2 is 1.95 bits per heavy atom. The number of nitrogens with zero attached hydrogens (tertiary/aromatic N) is 2. The summed E-state index contributed by atoms with van der Waals surface area (Å²) in [7, 11) is 1.90. The topological polar surface area (TPSA) is 27.0 Å². The standard InChI is InChI=1S/C16H11N2.Y/c1-4-14-9-10-16(18(3)12(14)2)15-7-5-13(11-17)6-8-15;/h1,5-9H,2H2,3H3;/q-1;. The van der Waals surface area contributed by atoms with E-state index in [1.165, 1.54) is 0 Å². The first-order valence-electron chi connectivity index (χ1n) is 5.41. The van der Waals surface area contributed by atoms with Gasteiger partial charge in [0, 0.05) is 45.3 Å². The van der Waals surface area contributed by atoms with Crippen LogP contribution in [-0.2, 0) is 32.7 Å². The molecular formula is C16H11N2Y-.